The standard InChI is InChI=1S/C15H13BrF2N2S/c1-9(10-2-5-12(17)6-3-10)19-15(21)20-14-7-4-11(16)8-13(14)18/h2-9H,1H3,(H2,19,20,21). The summed E-state index contributed by atoms with van der Waals surface area (Å²) in [4.78, 5) is 0. The Hall–Kier alpha value is -1.53. The van der Waals surface area contributed by atoms with Crippen LogP contribution in [0.2, 0.25) is 0 Å². The van der Waals surface area contributed by atoms with Gasteiger partial charge in [-0.15, -0.1) is 0 Å². The second-order valence-electron chi connectivity index (χ2n) is 4.50. The van der Waals surface area contributed by atoms with E-state index in [2.05, 4.69) is 26.6 Å². The molecular weight excluding hydrogens is 358 g/mol. The maximum Gasteiger partial charge on any atom is 0.171 e. The summed E-state index contributed by atoms with van der Waals surface area (Å²) in [5.74, 6) is -0.688. The van der Waals surface area contributed by atoms with Gasteiger partial charge in [-0.1, -0.05) is 28.1 Å². The van der Waals surface area contributed by atoms with E-state index in [1.54, 1.807) is 24.3 Å². The van der Waals surface area contributed by atoms with Crippen molar-refractivity contribution in [1.29, 1.82) is 0 Å². The van der Waals surface area contributed by atoms with Crippen LogP contribution in [0.3, 0.4) is 0 Å². The summed E-state index contributed by atoms with van der Waals surface area (Å²) in [5, 5.41) is 6.12. The van der Waals surface area contributed by atoms with Gasteiger partial charge in [-0.2, -0.15) is 0 Å². The van der Waals surface area contributed by atoms with Crippen molar-refractivity contribution in [3.8, 4) is 0 Å². The van der Waals surface area contributed by atoms with E-state index in [1.807, 2.05) is 6.92 Å². The Bertz CT molecular complexity index is 647. The van der Waals surface area contributed by atoms with Gasteiger partial charge < -0.3 is 10.6 Å². The number of halogens is 3. The number of anilines is 1. The average Bonchev–Trinajstić information content (AvgIpc) is 2.42. The molecule has 1 unspecified atom stereocenters. The molecule has 2 nitrogen and oxygen atoms in total. The molecule has 6 heteroatoms. The predicted octanol–water partition coefficient (Wildman–Crippen LogP) is 4.77. The molecule has 0 fully saturated rings. The highest BCUT2D eigenvalue weighted by molar-refractivity contribution is 9.10. The summed E-state index contributed by atoms with van der Waals surface area (Å²) in [6.07, 6.45) is 0. The SMILES string of the molecule is CC(NC(=S)Nc1ccc(Br)cc1F)c1ccc(F)cc1. The summed E-state index contributed by atoms with van der Waals surface area (Å²) in [5.41, 5.74) is 1.18. The molecule has 2 aromatic carbocycles. The monoisotopic (exact) mass is 370 g/mol. The third kappa shape index (κ3) is 4.47. The van der Waals surface area contributed by atoms with Crippen LogP contribution in [0.15, 0.2) is 46.9 Å². The quantitative estimate of drug-likeness (QED) is 0.760. The van der Waals surface area contributed by atoms with Gasteiger partial charge >= 0.3 is 0 Å². The van der Waals surface area contributed by atoms with Crippen molar-refractivity contribution in [1.82, 2.24) is 5.32 Å². The molecule has 0 bridgehead atoms. The van der Waals surface area contributed by atoms with Crippen LogP contribution in [0.1, 0.15) is 18.5 Å². The van der Waals surface area contributed by atoms with E-state index < -0.39 is 5.82 Å². The second-order valence-corrected chi connectivity index (χ2v) is 5.82. The van der Waals surface area contributed by atoms with Gasteiger partial charge in [0.1, 0.15) is 11.6 Å². The fraction of sp³-hybridized carbons (Fsp3) is 0.133. The first-order chi connectivity index (χ1) is 9.95. The molecule has 2 rings (SSSR count). The molecule has 0 saturated heterocycles. The first kappa shape index (κ1) is 15.9. The van der Waals surface area contributed by atoms with Crippen molar-refractivity contribution >= 4 is 38.9 Å². The molecule has 0 heterocycles. The summed E-state index contributed by atoms with van der Waals surface area (Å²) in [6.45, 7) is 1.89. The van der Waals surface area contributed by atoms with Gasteiger partial charge in [0.25, 0.3) is 0 Å². The molecule has 0 saturated carbocycles. The third-order valence-corrected chi connectivity index (χ3v) is 3.61. The van der Waals surface area contributed by atoms with E-state index >= 15 is 0 Å². The maximum atomic E-state index is 13.7. The summed E-state index contributed by atoms with van der Waals surface area (Å²) in [6, 6.07) is 10.7. The maximum absolute atomic E-state index is 13.7. The number of hydrogen-bond acceptors (Lipinski definition) is 1. The van der Waals surface area contributed by atoms with Gasteiger partial charge in [0, 0.05) is 4.47 Å². The number of hydrogen-bond donors (Lipinski definition) is 2. The van der Waals surface area contributed by atoms with Crippen molar-refractivity contribution in [3.63, 3.8) is 0 Å². The van der Waals surface area contributed by atoms with Crippen LogP contribution >= 0.6 is 28.1 Å². The Morgan fingerprint density at radius 3 is 2.43 bits per heavy atom. The van der Waals surface area contributed by atoms with Crippen molar-refractivity contribution < 1.29 is 8.78 Å². The van der Waals surface area contributed by atoms with Crippen molar-refractivity contribution in [2.45, 2.75) is 13.0 Å². The first-order valence-electron chi connectivity index (χ1n) is 6.24. The first-order valence-corrected chi connectivity index (χ1v) is 7.44. The molecule has 110 valence electrons. The molecule has 2 N–H and O–H groups in total. The Morgan fingerprint density at radius 1 is 1.14 bits per heavy atom. The highest BCUT2D eigenvalue weighted by Crippen LogP contribution is 2.19. The van der Waals surface area contributed by atoms with Gasteiger partial charge in [-0.25, -0.2) is 8.78 Å². The minimum atomic E-state index is -0.400. The zero-order valence-electron chi connectivity index (χ0n) is 11.2. The predicted molar refractivity (Wildman–Crippen MR) is 88.3 cm³/mol. The summed E-state index contributed by atoms with van der Waals surface area (Å²) in [7, 11) is 0. The highest BCUT2D eigenvalue weighted by atomic mass is 79.9. The lowest BCUT2D eigenvalue weighted by Gasteiger charge is -2.17. The molecule has 0 amide bonds. The molecule has 0 aliphatic rings. The van der Waals surface area contributed by atoms with Crippen LogP contribution in [-0.4, -0.2) is 5.11 Å². The van der Waals surface area contributed by atoms with E-state index in [4.69, 9.17) is 12.2 Å². The molecule has 0 aliphatic heterocycles. The lowest BCUT2D eigenvalue weighted by atomic mass is 10.1. The van der Waals surface area contributed by atoms with Gasteiger partial charge in [0.15, 0.2) is 5.11 Å². The van der Waals surface area contributed by atoms with Gasteiger partial charge in [0.2, 0.25) is 0 Å². The Balaban J connectivity index is 1.99. The molecule has 0 aromatic heterocycles. The molecule has 1 atom stereocenters. The number of benzene rings is 2. The summed E-state index contributed by atoms with van der Waals surface area (Å²) >= 11 is 8.35. The van der Waals surface area contributed by atoms with Crippen LogP contribution in [0.25, 0.3) is 0 Å². The molecule has 21 heavy (non-hydrogen) atoms. The van der Waals surface area contributed by atoms with E-state index in [1.165, 1.54) is 18.2 Å². The fourth-order valence-corrected chi connectivity index (χ4v) is 2.40. The van der Waals surface area contributed by atoms with Gasteiger partial charge in [-0.3, -0.25) is 0 Å². The van der Waals surface area contributed by atoms with Crippen LogP contribution in [0, 0.1) is 11.6 Å². The van der Waals surface area contributed by atoms with E-state index in [0.717, 1.165) is 5.56 Å². The van der Waals surface area contributed by atoms with E-state index in [9.17, 15) is 8.78 Å². The molecular formula is C15H13BrF2N2S. The van der Waals surface area contributed by atoms with Crippen LogP contribution in [0.4, 0.5) is 14.5 Å². The Labute approximate surface area is 135 Å². The highest BCUT2D eigenvalue weighted by Gasteiger charge is 2.09. The summed E-state index contributed by atoms with van der Waals surface area (Å²) < 4.78 is 27.2. The molecule has 2 aromatic rings. The lowest BCUT2D eigenvalue weighted by Crippen LogP contribution is -2.31. The number of thiocarbonyl (C=S) groups is 1. The minimum absolute atomic E-state index is 0.121. The van der Waals surface area contributed by atoms with Gasteiger partial charge in [-0.05, 0) is 55.0 Å². The number of nitrogens with one attached hydrogen (secondary N) is 2. The Morgan fingerprint density at radius 2 is 1.81 bits per heavy atom. The number of rotatable bonds is 3. The van der Waals surface area contributed by atoms with Crippen LogP contribution < -0.4 is 10.6 Å². The second kappa shape index (κ2) is 6.95. The normalized spacial score (nSPS) is 11.8. The van der Waals surface area contributed by atoms with E-state index in [0.29, 0.717) is 15.3 Å². The largest absolute Gasteiger partial charge is 0.356 e. The van der Waals surface area contributed by atoms with E-state index in [-0.39, 0.29) is 11.9 Å². The fourth-order valence-electron chi connectivity index (χ4n) is 1.78. The van der Waals surface area contributed by atoms with Crippen molar-refractivity contribution in [2.75, 3.05) is 5.32 Å². The average molecular weight is 371 g/mol. The smallest absolute Gasteiger partial charge is 0.171 e. The molecule has 0 radical (unpaired) electrons. The zero-order valence-corrected chi connectivity index (χ0v) is 13.6. The minimum Gasteiger partial charge on any atom is -0.356 e. The molecule has 0 aliphatic carbocycles. The van der Waals surface area contributed by atoms with Crippen LogP contribution in [-0.2, 0) is 0 Å². The molecule has 0 spiro atoms. The van der Waals surface area contributed by atoms with Crippen molar-refractivity contribution in [2.24, 2.45) is 0 Å². The lowest BCUT2D eigenvalue weighted by molar-refractivity contribution is 0.624. The Kier molecular flexibility index (Phi) is 5.25. The van der Waals surface area contributed by atoms with Crippen molar-refractivity contribution in [3.05, 3.63) is 64.1 Å². The third-order valence-electron chi connectivity index (χ3n) is 2.90. The topological polar surface area (TPSA) is 24.1 Å². The van der Waals surface area contributed by atoms with Gasteiger partial charge in [0.05, 0.1) is 11.7 Å². The zero-order chi connectivity index (χ0) is 15.4. The van der Waals surface area contributed by atoms with Crippen LogP contribution in [0.5, 0.6) is 0 Å².